The van der Waals surface area contributed by atoms with Crippen LogP contribution in [0, 0.1) is 13.8 Å². The quantitative estimate of drug-likeness (QED) is 0.558. The maximum Gasteiger partial charge on any atom is -0.0147 e. The molecule has 2 rings (SSSR count). The maximum absolute atomic E-state index is 2.31. The lowest BCUT2D eigenvalue weighted by Gasteiger charge is -2.21. The van der Waals surface area contributed by atoms with Gasteiger partial charge < -0.3 is 0 Å². The first-order chi connectivity index (χ1) is 6.20. The summed E-state index contributed by atoms with van der Waals surface area (Å²) in [4.78, 5) is 0. The highest BCUT2D eigenvalue weighted by molar-refractivity contribution is 5.60. The van der Waals surface area contributed by atoms with Crippen molar-refractivity contribution in [2.45, 2.75) is 33.1 Å². The average molecular weight is 172 g/mol. The van der Waals surface area contributed by atoms with Gasteiger partial charge in [0.15, 0.2) is 0 Å². The molecule has 0 heterocycles. The fraction of sp³-hybridized carbons (Fsp3) is 0.385. The Kier molecular flexibility index (Phi) is 1.99. The van der Waals surface area contributed by atoms with Gasteiger partial charge in [-0.3, -0.25) is 0 Å². The summed E-state index contributed by atoms with van der Waals surface area (Å²) in [7, 11) is 0. The van der Waals surface area contributed by atoms with Gasteiger partial charge in [-0.15, -0.1) is 0 Å². The summed E-state index contributed by atoms with van der Waals surface area (Å²) in [5.74, 6) is 0.694. The average Bonchev–Trinajstić information content (AvgIpc) is 2.12. The Labute approximate surface area is 80.3 Å². The maximum atomic E-state index is 2.31. The van der Waals surface area contributed by atoms with Gasteiger partial charge in [0, 0.05) is 0 Å². The Balaban J connectivity index is 2.66. The Bertz CT molecular complexity index is 359. The summed E-state index contributed by atoms with van der Waals surface area (Å²) < 4.78 is 0. The van der Waals surface area contributed by atoms with Crippen LogP contribution >= 0.6 is 0 Å². The zero-order valence-corrected chi connectivity index (χ0v) is 8.59. The molecule has 0 nitrogen and oxygen atoms in total. The highest BCUT2D eigenvalue weighted by Crippen LogP contribution is 2.32. The van der Waals surface area contributed by atoms with Crippen LogP contribution in [0.1, 0.15) is 41.5 Å². The second-order valence-corrected chi connectivity index (χ2v) is 4.05. The number of allylic oxidation sites excluding steroid dienone is 1. The van der Waals surface area contributed by atoms with E-state index in [-0.39, 0.29) is 0 Å². The van der Waals surface area contributed by atoms with E-state index in [0.717, 1.165) is 0 Å². The lowest BCUT2D eigenvalue weighted by molar-refractivity contribution is 0.763. The third-order valence-corrected chi connectivity index (χ3v) is 3.10. The van der Waals surface area contributed by atoms with Gasteiger partial charge in [-0.1, -0.05) is 31.2 Å². The molecule has 0 N–H and O–H groups in total. The molecule has 0 spiro atoms. The number of aryl methyl sites for hydroxylation is 1. The topological polar surface area (TPSA) is 0 Å². The van der Waals surface area contributed by atoms with Crippen LogP contribution in [0.3, 0.4) is 0 Å². The minimum atomic E-state index is 0.694. The predicted octanol–water partition coefficient (Wildman–Crippen LogP) is 3.82. The number of hydrogen-bond acceptors (Lipinski definition) is 0. The van der Waals surface area contributed by atoms with Crippen molar-refractivity contribution < 1.29 is 0 Å². The van der Waals surface area contributed by atoms with Crippen LogP contribution < -0.4 is 0 Å². The van der Waals surface area contributed by atoms with Crippen LogP contribution in [-0.4, -0.2) is 0 Å². The minimum absolute atomic E-state index is 0.694. The van der Waals surface area contributed by atoms with Crippen molar-refractivity contribution in [1.82, 2.24) is 0 Å². The van der Waals surface area contributed by atoms with Crippen molar-refractivity contribution in [3.63, 3.8) is 0 Å². The van der Waals surface area contributed by atoms with E-state index in [4.69, 9.17) is 0 Å². The molecule has 1 atom stereocenters. The van der Waals surface area contributed by atoms with Gasteiger partial charge in [-0.2, -0.15) is 0 Å². The number of fused-ring (bicyclic) bond motifs is 1. The molecule has 1 unspecified atom stereocenters. The third-order valence-electron chi connectivity index (χ3n) is 3.10. The molecule has 0 heteroatoms. The van der Waals surface area contributed by atoms with Crippen LogP contribution in [0.25, 0.3) is 6.08 Å². The number of rotatable bonds is 0. The molecule has 0 aromatic heterocycles. The van der Waals surface area contributed by atoms with Crippen LogP contribution in [0.15, 0.2) is 18.2 Å². The Morgan fingerprint density at radius 3 is 2.77 bits per heavy atom. The third kappa shape index (κ3) is 1.31. The van der Waals surface area contributed by atoms with E-state index in [0.29, 0.717) is 5.92 Å². The molecule has 13 heavy (non-hydrogen) atoms. The zero-order chi connectivity index (χ0) is 9.42. The molecule has 68 valence electrons. The molecule has 1 aromatic carbocycles. The van der Waals surface area contributed by atoms with Gasteiger partial charge >= 0.3 is 0 Å². The van der Waals surface area contributed by atoms with Crippen LogP contribution in [0.5, 0.6) is 0 Å². The van der Waals surface area contributed by atoms with Crippen LogP contribution in [-0.2, 0) is 0 Å². The monoisotopic (exact) mass is 172 g/mol. The van der Waals surface area contributed by atoms with Gasteiger partial charge in [0.2, 0.25) is 0 Å². The molecular weight excluding hydrogens is 156 g/mol. The van der Waals surface area contributed by atoms with Crippen molar-refractivity contribution >= 4 is 6.08 Å². The SMILES string of the molecule is Cc1ccc2c(c1C)C(C)CC=C2. The van der Waals surface area contributed by atoms with Gasteiger partial charge in [0.05, 0.1) is 0 Å². The van der Waals surface area contributed by atoms with Gasteiger partial charge in [0.25, 0.3) is 0 Å². The summed E-state index contributed by atoms with van der Waals surface area (Å²) >= 11 is 0. The van der Waals surface area contributed by atoms with E-state index in [1.165, 1.54) is 23.1 Å². The molecule has 0 fully saturated rings. The zero-order valence-electron chi connectivity index (χ0n) is 8.59. The molecule has 1 aliphatic rings. The first-order valence-corrected chi connectivity index (χ1v) is 4.97. The molecule has 1 aromatic rings. The molecular formula is C13H16. The van der Waals surface area contributed by atoms with Crippen molar-refractivity contribution in [3.8, 4) is 0 Å². The van der Waals surface area contributed by atoms with E-state index < -0.39 is 0 Å². The van der Waals surface area contributed by atoms with Gasteiger partial charge in [0.1, 0.15) is 0 Å². The molecule has 1 aliphatic carbocycles. The minimum Gasteiger partial charge on any atom is -0.0833 e. The lowest BCUT2D eigenvalue weighted by Crippen LogP contribution is -2.03. The molecule has 0 aliphatic heterocycles. The fourth-order valence-electron chi connectivity index (χ4n) is 2.17. The molecule has 0 radical (unpaired) electrons. The second kappa shape index (κ2) is 3.02. The van der Waals surface area contributed by atoms with Gasteiger partial charge in [-0.25, -0.2) is 0 Å². The number of hydrogen-bond donors (Lipinski definition) is 0. The van der Waals surface area contributed by atoms with Crippen molar-refractivity contribution in [3.05, 3.63) is 40.5 Å². The summed E-state index contributed by atoms with van der Waals surface area (Å²) in [6, 6.07) is 4.46. The Hall–Kier alpha value is -1.04. The van der Waals surface area contributed by atoms with E-state index in [9.17, 15) is 0 Å². The largest absolute Gasteiger partial charge is 0.0833 e. The standard InChI is InChI=1S/C13H16/c1-9-7-8-12-6-4-5-10(2)13(12)11(9)3/h4,6-8,10H,5H2,1-3H3. The second-order valence-electron chi connectivity index (χ2n) is 4.05. The smallest absolute Gasteiger partial charge is 0.0147 e. The highest BCUT2D eigenvalue weighted by Gasteiger charge is 2.15. The summed E-state index contributed by atoms with van der Waals surface area (Å²) in [5, 5.41) is 0. The summed E-state index contributed by atoms with van der Waals surface area (Å²) in [6.07, 6.45) is 5.72. The van der Waals surface area contributed by atoms with Crippen molar-refractivity contribution in [2.24, 2.45) is 0 Å². The molecule has 0 bridgehead atoms. The lowest BCUT2D eigenvalue weighted by atomic mass is 9.84. The van der Waals surface area contributed by atoms with Gasteiger partial charge in [-0.05, 0) is 48.4 Å². The van der Waals surface area contributed by atoms with Crippen LogP contribution in [0.4, 0.5) is 0 Å². The van der Waals surface area contributed by atoms with Crippen molar-refractivity contribution in [1.29, 1.82) is 0 Å². The van der Waals surface area contributed by atoms with E-state index >= 15 is 0 Å². The first kappa shape index (κ1) is 8.55. The van der Waals surface area contributed by atoms with Crippen LogP contribution in [0.2, 0.25) is 0 Å². The van der Waals surface area contributed by atoms with E-state index in [1.807, 2.05) is 0 Å². The molecule has 0 saturated carbocycles. The first-order valence-electron chi connectivity index (χ1n) is 4.97. The highest BCUT2D eigenvalue weighted by atomic mass is 14.2. The number of benzene rings is 1. The van der Waals surface area contributed by atoms with E-state index in [2.05, 4.69) is 45.1 Å². The van der Waals surface area contributed by atoms with E-state index in [1.54, 1.807) is 5.56 Å². The fourth-order valence-corrected chi connectivity index (χ4v) is 2.17. The summed E-state index contributed by atoms with van der Waals surface area (Å²) in [5.41, 5.74) is 5.87. The predicted molar refractivity (Wildman–Crippen MR) is 58.0 cm³/mol. The Morgan fingerprint density at radius 2 is 2.00 bits per heavy atom. The van der Waals surface area contributed by atoms with Crippen molar-refractivity contribution in [2.75, 3.05) is 0 Å². The Morgan fingerprint density at radius 1 is 1.23 bits per heavy atom. The molecule has 0 saturated heterocycles. The normalized spacial score (nSPS) is 20.1. The summed E-state index contributed by atoms with van der Waals surface area (Å²) in [6.45, 7) is 6.75. The molecule has 0 amide bonds.